The third-order valence-electron chi connectivity index (χ3n) is 4.62. The zero-order valence-corrected chi connectivity index (χ0v) is 15.9. The van der Waals surface area contributed by atoms with Crippen molar-refractivity contribution in [2.75, 3.05) is 36.5 Å². The SMILES string of the molecule is CCOc1cc(N2CCCC(CNC(=O)Nc3ccc(C)cc3)C2)ncn1. The predicted molar refractivity (Wildman–Crippen MR) is 106 cm³/mol. The van der Waals surface area contributed by atoms with E-state index in [0.717, 1.165) is 37.4 Å². The normalized spacial score (nSPS) is 16.7. The van der Waals surface area contributed by atoms with Gasteiger partial charge in [-0.3, -0.25) is 0 Å². The molecule has 2 N–H and O–H groups in total. The molecule has 0 radical (unpaired) electrons. The van der Waals surface area contributed by atoms with E-state index in [1.54, 1.807) is 0 Å². The Labute approximate surface area is 160 Å². The van der Waals surface area contributed by atoms with Crippen molar-refractivity contribution >= 4 is 17.5 Å². The van der Waals surface area contributed by atoms with Crippen molar-refractivity contribution in [3.8, 4) is 5.88 Å². The summed E-state index contributed by atoms with van der Waals surface area (Å²) >= 11 is 0. The number of hydrogen-bond acceptors (Lipinski definition) is 5. The van der Waals surface area contributed by atoms with Gasteiger partial charge in [-0.05, 0) is 44.7 Å². The standard InChI is InChI=1S/C20H27N5O2/c1-3-27-19-11-18(22-14-23-19)25-10-4-5-16(13-25)12-21-20(26)24-17-8-6-15(2)7-9-17/h6-9,11,14,16H,3-5,10,12-13H2,1-2H3,(H2,21,24,26). The van der Waals surface area contributed by atoms with Crippen LogP contribution in [-0.2, 0) is 0 Å². The summed E-state index contributed by atoms with van der Waals surface area (Å²) < 4.78 is 5.46. The summed E-state index contributed by atoms with van der Waals surface area (Å²) in [7, 11) is 0. The first-order valence-electron chi connectivity index (χ1n) is 9.45. The quantitative estimate of drug-likeness (QED) is 0.817. The van der Waals surface area contributed by atoms with Crippen LogP contribution in [0.25, 0.3) is 0 Å². The monoisotopic (exact) mass is 369 g/mol. The van der Waals surface area contributed by atoms with Gasteiger partial charge in [-0.25, -0.2) is 14.8 Å². The molecule has 7 heteroatoms. The van der Waals surface area contributed by atoms with Gasteiger partial charge in [-0.2, -0.15) is 0 Å². The maximum atomic E-state index is 12.1. The Kier molecular flexibility index (Phi) is 6.46. The molecular formula is C20H27N5O2. The number of urea groups is 1. The van der Waals surface area contributed by atoms with E-state index in [0.29, 0.717) is 24.9 Å². The Morgan fingerprint density at radius 1 is 1.30 bits per heavy atom. The summed E-state index contributed by atoms with van der Waals surface area (Å²) in [5.41, 5.74) is 1.97. The minimum absolute atomic E-state index is 0.170. The van der Waals surface area contributed by atoms with Gasteiger partial charge in [-0.15, -0.1) is 0 Å². The number of benzene rings is 1. The minimum atomic E-state index is -0.170. The summed E-state index contributed by atoms with van der Waals surface area (Å²) in [6.07, 6.45) is 3.70. The number of nitrogens with zero attached hydrogens (tertiary/aromatic N) is 3. The lowest BCUT2D eigenvalue weighted by Gasteiger charge is -2.33. The number of ether oxygens (including phenoxy) is 1. The molecule has 1 aromatic carbocycles. The van der Waals surface area contributed by atoms with Crippen LogP contribution in [0.5, 0.6) is 5.88 Å². The van der Waals surface area contributed by atoms with Crippen molar-refractivity contribution in [1.82, 2.24) is 15.3 Å². The second-order valence-corrected chi connectivity index (χ2v) is 6.80. The number of carbonyl (C=O) groups is 1. The van der Waals surface area contributed by atoms with Gasteiger partial charge < -0.3 is 20.3 Å². The summed E-state index contributed by atoms with van der Waals surface area (Å²) in [6.45, 7) is 6.98. The Morgan fingerprint density at radius 2 is 2.11 bits per heavy atom. The van der Waals surface area contributed by atoms with Crippen LogP contribution in [0, 0.1) is 12.8 Å². The van der Waals surface area contributed by atoms with Gasteiger partial charge in [0.1, 0.15) is 12.1 Å². The summed E-state index contributed by atoms with van der Waals surface area (Å²) in [5.74, 6) is 1.86. The van der Waals surface area contributed by atoms with Crippen molar-refractivity contribution < 1.29 is 9.53 Å². The molecule has 144 valence electrons. The molecule has 0 aliphatic carbocycles. The molecule has 1 aliphatic rings. The number of piperidine rings is 1. The number of aromatic nitrogens is 2. The number of amides is 2. The van der Waals surface area contributed by atoms with E-state index >= 15 is 0 Å². The highest BCUT2D eigenvalue weighted by molar-refractivity contribution is 5.89. The molecule has 3 rings (SSSR count). The summed E-state index contributed by atoms with van der Waals surface area (Å²) in [5, 5.41) is 5.86. The first-order chi connectivity index (χ1) is 13.1. The average molecular weight is 369 g/mol. The molecule has 2 aromatic rings. The van der Waals surface area contributed by atoms with Gasteiger partial charge in [-0.1, -0.05) is 17.7 Å². The predicted octanol–water partition coefficient (Wildman–Crippen LogP) is 3.22. The van der Waals surface area contributed by atoms with Gasteiger partial charge in [0.05, 0.1) is 6.61 Å². The number of rotatable bonds is 6. The van der Waals surface area contributed by atoms with Crippen LogP contribution >= 0.6 is 0 Å². The lowest BCUT2D eigenvalue weighted by molar-refractivity contribution is 0.249. The number of aryl methyl sites for hydroxylation is 1. The van der Waals surface area contributed by atoms with E-state index in [2.05, 4.69) is 25.5 Å². The van der Waals surface area contributed by atoms with Crippen LogP contribution in [0.1, 0.15) is 25.3 Å². The molecule has 2 heterocycles. The Balaban J connectivity index is 1.50. The molecular weight excluding hydrogens is 342 g/mol. The molecule has 2 amide bonds. The smallest absolute Gasteiger partial charge is 0.319 e. The molecule has 1 aromatic heterocycles. The van der Waals surface area contributed by atoms with Gasteiger partial charge in [0.2, 0.25) is 5.88 Å². The van der Waals surface area contributed by atoms with Gasteiger partial charge in [0.25, 0.3) is 0 Å². The van der Waals surface area contributed by atoms with E-state index in [4.69, 9.17) is 4.74 Å². The molecule has 1 aliphatic heterocycles. The fraction of sp³-hybridized carbons (Fsp3) is 0.450. The van der Waals surface area contributed by atoms with E-state index in [9.17, 15) is 4.79 Å². The fourth-order valence-electron chi connectivity index (χ4n) is 3.22. The zero-order chi connectivity index (χ0) is 19.1. The van der Waals surface area contributed by atoms with Crippen LogP contribution in [0.2, 0.25) is 0 Å². The Bertz CT molecular complexity index is 750. The van der Waals surface area contributed by atoms with E-state index in [1.807, 2.05) is 44.2 Å². The van der Waals surface area contributed by atoms with Crippen molar-refractivity contribution in [2.24, 2.45) is 5.92 Å². The second-order valence-electron chi connectivity index (χ2n) is 6.80. The highest BCUT2D eigenvalue weighted by atomic mass is 16.5. The molecule has 0 bridgehead atoms. The Hall–Kier alpha value is -2.83. The maximum Gasteiger partial charge on any atom is 0.319 e. The number of anilines is 2. The first kappa shape index (κ1) is 18.9. The average Bonchev–Trinajstić information content (AvgIpc) is 2.69. The van der Waals surface area contributed by atoms with Crippen LogP contribution in [0.4, 0.5) is 16.3 Å². The lowest BCUT2D eigenvalue weighted by Crippen LogP contribution is -2.42. The molecule has 7 nitrogen and oxygen atoms in total. The van der Waals surface area contributed by atoms with Crippen molar-refractivity contribution in [2.45, 2.75) is 26.7 Å². The first-order valence-corrected chi connectivity index (χ1v) is 9.45. The van der Waals surface area contributed by atoms with Crippen molar-refractivity contribution in [1.29, 1.82) is 0 Å². The van der Waals surface area contributed by atoms with Crippen LogP contribution < -0.4 is 20.3 Å². The molecule has 1 saturated heterocycles. The molecule has 0 saturated carbocycles. The highest BCUT2D eigenvalue weighted by Crippen LogP contribution is 2.23. The molecule has 1 atom stereocenters. The highest BCUT2D eigenvalue weighted by Gasteiger charge is 2.22. The third-order valence-corrected chi connectivity index (χ3v) is 4.62. The molecule has 27 heavy (non-hydrogen) atoms. The van der Waals surface area contributed by atoms with E-state index in [-0.39, 0.29) is 6.03 Å². The Morgan fingerprint density at radius 3 is 2.89 bits per heavy atom. The van der Waals surface area contributed by atoms with Gasteiger partial charge in [0.15, 0.2) is 0 Å². The minimum Gasteiger partial charge on any atom is -0.478 e. The van der Waals surface area contributed by atoms with Gasteiger partial charge in [0, 0.05) is 31.4 Å². The summed E-state index contributed by atoms with van der Waals surface area (Å²) in [6, 6.07) is 9.48. The molecule has 1 fully saturated rings. The van der Waals surface area contributed by atoms with Crippen LogP contribution in [0.3, 0.4) is 0 Å². The van der Waals surface area contributed by atoms with Crippen molar-refractivity contribution in [3.05, 3.63) is 42.2 Å². The van der Waals surface area contributed by atoms with Crippen LogP contribution in [-0.4, -0.2) is 42.2 Å². The third kappa shape index (κ3) is 5.57. The van der Waals surface area contributed by atoms with Gasteiger partial charge >= 0.3 is 6.03 Å². The number of carbonyl (C=O) groups excluding carboxylic acids is 1. The van der Waals surface area contributed by atoms with Crippen LogP contribution in [0.15, 0.2) is 36.7 Å². The van der Waals surface area contributed by atoms with E-state index < -0.39 is 0 Å². The zero-order valence-electron chi connectivity index (χ0n) is 15.9. The number of hydrogen-bond donors (Lipinski definition) is 2. The van der Waals surface area contributed by atoms with Crippen molar-refractivity contribution in [3.63, 3.8) is 0 Å². The molecule has 0 spiro atoms. The topological polar surface area (TPSA) is 79.4 Å². The summed E-state index contributed by atoms with van der Waals surface area (Å²) in [4.78, 5) is 22.9. The second kappa shape index (κ2) is 9.21. The largest absolute Gasteiger partial charge is 0.478 e. The molecule has 1 unspecified atom stereocenters. The maximum absolute atomic E-state index is 12.1. The lowest BCUT2D eigenvalue weighted by atomic mass is 9.98. The fourth-order valence-corrected chi connectivity index (χ4v) is 3.22. The van der Waals surface area contributed by atoms with E-state index in [1.165, 1.54) is 11.9 Å². The number of nitrogens with one attached hydrogen (secondary N) is 2.